The van der Waals surface area contributed by atoms with Gasteiger partial charge in [0.15, 0.2) is 0 Å². The van der Waals surface area contributed by atoms with Gasteiger partial charge in [-0.2, -0.15) is 16.8 Å². The quantitative estimate of drug-likeness (QED) is 0.824. The molecule has 0 aliphatic heterocycles. The first-order chi connectivity index (χ1) is 8.15. The molecule has 0 aromatic heterocycles. The maximum absolute atomic E-state index is 11.9. The van der Waals surface area contributed by atoms with Crippen molar-refractivity contribution in [2.24, 2.45) is 0 Å². The molecule has 0 atom stereocenters. The molecule has 0 saturated carbocycles. The molecule has 5 nitrogen and oxygen atoms in total. The van der Waals surface area contributed by atoms with Gasteiger partial charge in [-0.3, -0.25) is 0 Å². The predicted octanol–water partition coefficient (Wildman–Crippen LogP) is 1.61. The van der Waals surface area contributed by atoms with E-state index in [0.29, 0.717) is 18.2 Å². The molecule has 1 rings (SSSR count). The zero-order valence-corrected chi connectivity index (χ0v) is 12.1. The summed E-state index contributed by atoms with van der Waals surface area (Å²) in [6.45, 7) is 3.75. The van der Waals surface area contributed by atoms with Crippen LogP contribution in [0.2, 0.25) is 0 Å². The molecule has 1 aromatic carbocycles. The summed E-state index contributed by atoms with van der Waals surface area (Å²) in [5.41, 5.74) is 1.48. The molecule has 0 heterocycles. The van der Waals surface area contributed by atoms with E-state index in [4.69, 9.17) is 0 Å². The first kappa shape index (κ1) is 15.1. The summed E-state index contributed by atoms with van der Waals surface area (Å²) in [7, 11) is -8.34. The number of rotatable bonds is 5. The van der Waals surface area contributed by atoms with Crippen molar-refractivity contribution < 1.29 is 20.5 Å². The van der Waals surface area contributed by atoms with E-state index >= 15 is 0 Å². The molecular formula is C11H16O5S2. The van der Waals surface area contributed by atoms with Crippen molar-refractivity contribution in [3.05, 3.63) is 29.3 Å². The molecular weight excluding hydrogens is 276 g/mol. The third kappa shape index (κ3) is 4.08. The highest BCUT2D eigenvalue weighted by Crippen LogP contribution is 2.22. The van der Waals surface area contributed by atoms with Crippen LogP contribution in [0.1, 0.15) is 24.5 Å². The summed E-state index contributed by atoms with van der Waals surface area (Å²) in [6.07, 6.45) is 2.01. The summed E-state index contributed by atoms with van der Waals surface area (Å²) in [5.74, 6) is 0. The number of aryl methyl sites for hydroxylation is 2. The van der Waals surface area contributed by atoms with Crippen LogP contribution in [0.15, 0.2) is 23.1 Å². The fourth-order valence-corrected chi connectivity index (χ4v) is 3.93. The maximum Gasteiger partial charge on any atom is 0.311 e. The van der Waals surface area contributed by atoms with Crippen LogP contribution in [-0.2, 0) is 30.3 Å². The highest BCUT2D eigenvalue weighted by molar-refractivity contribution is 7.99. The van der Waals surface area contributed by atoms with Crippen LogP contribution in [0.3, 0.4) is 0 Å². The zero-order valence-electron chi connectivity index (χ0n) is 10.5. The van der Waals surface area contributed by atoms with Crippen molar-refractivity contribution in [2.45, 2.75) is 31.6 Å². The summed E-state index contributed by atoms with van der Waals surface area (Å²) >= 11 is 0. The van der Waals surface area contributed by atoms with Gasteiger partial charge in [0.05, 0.1) is 11.2 Å². The minimum Gasteiger partial charge on any atom is -0.199 e. The Bertz CT molecular complexity index is 629. The Morgan fingerprint density at radius 1 is 1.17 bits per heavy atom. The first-order valence-corrected chi connectivity index (χ1v) is 8.64. The topological polar surface area (TPSA) is 77.5 Å². The molecule has 0 radical (unpaired) electrons. The molecule has 0 aliphatic rings. The molecule has 1 aromatic rings. The summed E-state index contributed by atoms with van der Waals surface area (Å²) < 4.78 is 49.8. The van der Waals surface area contributed by atoms with Gasteiger partial charge in [0, 0.05) is 0 Å². The van der Waals surface area contributed by atoms with Crippen molar-refractivity contribution in [3.63, 3.8) is 0 Å². The van der Waals surface area contributed by atoms with Gasteiger partial charge in [-0.05, 0) is 25.0 Å². The molecule has 7 heteroatoms. The Hall–Kier alpha value is -0.920. The number of hydrogen-bond acceptors (Lipinski definition) is 5. The van der Waals surface area contributed by atoms with E-state index in [1.165, 1.54) is 6.07 Å². The lowest BCUT2D eigenvalue weighted by Crippen LogP contribution is -2.14. The molecule has 0 bridgehead atoms. The fourth-order valence-electron chi connectivity index (χ4n) is 1.62. The van der Waals surface area contributed by atoms with Gasteiger partial charge in [0.1, 0.15) is 0 Å². The zero-order chi connectivity index (χ0) is 14.0. The lowest BCUT2D eigenvalue weighted by Gasteiger charge is -2.09. The van der Waals surface area contributed by atoms with E-state index in [2.05, 4.69) is 3.63 Å². The minimum absolute atomic E-state index is 0.0830. The third-order valence-corrected chi connectivity index (χ3v) is 4.86. The van der Waals surface area contributed by atoms with Crippen LogP contribution in [0.5, 0.6) is 0 Å². The molecule has 0 unspecified atom stereocenters. The Labute approximate surface area is 108 Å². The van der Waals surface area contributed by atoms with Gasteiger partial charge in [0.2, 0.25) is 0 Å². The first-order valence-electron chi connectivity index (χ1n) is 5.41. The van der Waals surface area contributed by atoms with Crippen LogP contribution in [-0.4, -0.2) is 23.1 Å². The van der Waals surface area contributed by atoms with E-state index in [1.54, 1.807) is 12.1 Å². The van der Waals surface area contributed by atoms with Crippen LogP contribution in [0, 0.1) is 6.92 Å². The molecule has 0 saturated heterocycles. The second-order valence-electron chi connectivity index (χ2n) is 4.09. The van der Waals surface area contributed by atoms with E-state index in [-0.39, 0.29) is 4.90 Å². The van der Waals surface area contributed by atoms with E-state index in [0.717, 1.165) is 12.0 Å². The van der Waals surface area contributed by atoms with Crippen molar-refractivity contribution >= 4 is 20.2 Å². The fraction of sp³-hybridized carbons (Fsp3) is 0.455. The Morgan fingerprint density at radius 3 is 2.28 bits per heavy atom. The van der Waals surface area contributed by atoms with Crippen LogP contribution in [0.25, 0.3) is 0 Å². The Kier molecular flexibility index (Phi) is 4.52. The highest BCUT2D eigenvalue weighted by Gasteiger charge is 2.24. The molecule has 102 valence electrons. The van der Waals surface area contributed by atoms with E-state index < -0.39 is 20.2 Å². The maximum atomic E-state index is 11.9. The molecule has 18 heavy (non-hydrogen) atoms. The molecule has 0 aliphatic carbocycles. The van der Waals surface area contributed by atoms with Crippen molar-refractivity contribution in [1.82, 2.24) is 0 Å². The van der Waals surface area contributed by atoms with Crippen LogP contribution in [0.4, 0.5) is 0 Å². The SMILES string of the molecule is CCCc1cc(C)ccc1S(=O)(=O)OS(C)(=O)=O. The van der Waals surface area contributed by atoms with Gasteiger partial charge < -0.3 is 0 Å². The number of benzene rings is 1. The largest absolute Gasteiger partial charge is 0.311 e. The van der Waals surface area contributed by atoms with Crippen LogP contribution >= 0.6 is 0 Å². The average Bonchev–Trinajstić information content (AvgIpc) is 2.13. The van der Waals surface area contributed by atoms with E-state index in [9.17, 15) is 16.8 Å². The molecule has 0 N–H and O–H groups in total. The normalized spacial score (nSPS) is 12.6. The molecule has 0 fully saturated rings. The van der Waals surface area contributed by atoms with E-state index in [1.807, 2.05) is 13.8 Å². The molecule has 0 spiro atoms. The lowest BCUT2D eigenvalue weighted by atomic mass is 10.1. The van der Waals surface area contributed by atoms with Gasteiger partial charge in [-0.1, -0.05) is 31.0 Å². The predicted molar refractivity (Wildman–Crippen MR) is 68.3 cm³/mol. The second kappa shape index (κ2) is 5.38. The van der Waals surface area contributed by atoms with Gasteiger partial charge in [-0.15, -0.1) is 3.63 Å². The average molecular weight is 292 g/mol. The summed E-state index contributed by atoms with van der Waals surface area (Å²) in [6, 6.07) is 4.71. The second-order valence-corrected chi connectivity index (χ2v) is 7.39. The summed E-state index contributed by atoms with van der Waals surface area (Å²) in [4.78, 5) is -0.0830. The molecule has 0 amide bonds. The summed E-state index contributed by atoms with van der Waals surface area (Å²) in [5, 5.41) is 0. The lowest BCUT2D eigenvalue weighted by molar-refractivity contribution is 0.465. The Morgan fingerprint density at radius 2 is 1.78 bits per heavy atom. The monoisotopic (exact) mass is 292 g/mol. The van der Waals surface area contributed by atoms with Gasteiger partial charge in [-0.25, -0.2) is 0 Å². The Balaban J connectivity index is 3.32. The van der Waals surface area contributed by atoms with Gasteiger partial charge >= 0.3 is 10.1 Å². The minimum atomic E-state index is -4.28. The standard InChI is InChI=1S/C11H16O5S2/c1-4-5-10-8-9(2)6-7-11(10)18(14,15)16-17(3,12)13/h6-8H,4-5H2,1-3H3. The van der Waals surface area contributed by atoms with Crippen molar-refractivity contribution in [2.75, 3.05) is 6.26 Å². The highest BCUT2D eigenvalue weighted by atomic mass is 32.3. The van der Waals surface area contributed by atoms with Crippen molar-refractivity contribution in [3.8, 4) is 0 Å². The third-order valence-electron chi connectivity index (χ3n) is 2.22. The number of hydrogen-bond donors (Lipinski definition) is 0. The van der Waals surface area contributed by atoms with Crippen LogP contribution < -0.4 is 0 Å². The smallest absolute Gasteiger partial charge is 0.199 e. The van der Waals surface area contributed by atoms with Crippen molar-refractivity contribution in [1.29, 1.82) is 0 Å². The van der Waals surface area contributed by atoms with Gasteiger partial charge in [0.25, 0.3) is 10.1 Å².